The highest BCUT2D eigenvalue weighted by molar-refractivity contribution is 5.89. The fraction of sp³-hybridized carbons (Fsp3) is 0.214. The molecule has 0 aliphatic rings. The summed E-state index contributed by atoms with van der Waals surface area (Å²) in [6.45, 7) is 2.21. The number of aryl methyl sites for hydroxylation is 1. The molecule has 1 aromatic carbocycles. The zero-order chi connectivity index (χ0) is 13.8. The van der Waals surface area contributed by atoms with Gasteiger partial charge in [0.2, 0.25) is 0 Å². The zero-order valence-electron chi connectivity index (χ0n) is 10.8. The van der Waals surface area contributed by atoms with E-state index in [0.29, 0.717) is 12.1 Å². The normalized spacial score (nSPS) is 10.2. The second-order valence-electron chi connectivity index (χ2n) is 4.16. The van der Waals surface area contributed by atoms with Crippen molar-refractivity contribution in [3.05, 3.63) is 63.6 Å². The molecule has 0 aliphatic heterocycles. The molecule has 0 radical (unpaired) electrons. The van der Waals surface area contributed by atoms with E-state index in [4.69, 9.17) is 0 Å². The predicted molar refractivity (Wildman–Crippen MR) is 70.1 cm³/mol. The van der Waals surface area contributed by atoms with Crippen LogP contribution in [0.25, 0.3) is 0 Å². The van der Waals surface area contributed by atoms with Crippen molar-refractivity contribution in [2.24, 2.45) is 0 Å². The van der Waals surface area contributed by atoms with E-state index >= 15 is 0 Å². The van der Waals surface area contributed by atoms with E-state index in [-0.39, 0.29) is 11.5 Å². The first kappa shape index (κ1) is 13.0. The van der Waals surface area contributed by atoms with Gasteiger partial charge in [-0.1, -0.05) is 12.1 Å². The summed E-state index contributed by atoms with van der Waals surface area (Å²) in [5.41, 5.74) is 2.01. The van der Waals surface area contributed by atoms with Crippen molar-refractivity contribution in [3.63, 3.8) is 0 Å². The van der Waals surface area contributed by atoms with Gasteiger partial charge in [0.05, 0.1) is 24.9 Å². The Labute approximate surface area is 110 Å². The summed E-state index contributed by atoms with van der Waals surface area (Å²) in [7, 11) is 1.34. The summed E-state index contributed by atoms with van der Waals surface area (Å²) in [6.07, 6.45) is 0. The molecule has 0 atom stereocenters. The van der Waals surface area contributed by atoms with Crippen LogP contribution in [0.5, 0.6) is 0 Å². The van der Waals surface area contributed by atoms with Crippen molar-refractivity contribution in [2.45, 2.75) is 13.5 Å². The fourth-order valence-electron chi connectivity index (χ4n) is 1.70. The maximum Gasteiger partial charge on any atom is 0.337 e. The summed E-state index contributed by atoms with van der Waals surface area (Å²) in [6, 6.07) is 10.1. The lowest BCUT2D eigenvalue weighted by Gasteiger charge is -2.06. The average molecular weight is 258 g/mol. The molecule has 5 nitrogen and oxygen atoms in total. The van der Waals surface area contributed by atoms with E-state index < -0.39 is 0 Å². The molecule has 0 saturated heterocycles. The Morgan fingerprint density at radius 2 is 1.89 bits per heavy atom. The van der Waals surface area contributed by atoms with Crippen LogP contribution in [0.1, 0.15) is 21.6 Å². The molecule has 0 spiro atoms. The Morgan fingerprint density at radius 3 is 2.53 bits per heavy atom. The van der Waals surface area contributed by atoms with Crippen LogP contribution in [0.4, 0.5) is 0 Å². The van der Waals surface area contributed by atoms with Gasteiger partial charge < -0.3 is 4.74 Å². The Hall–Kier alpha value is -2.43. The van der Waals surface area contributed by atoms with Gasteiger partial charge in [-0.05, 0) is 30.7 Å². The molecule has 1 heterocycles. The first-order valence-corrected chi connectivity index (χ1v) is 5.82. The molecule has 0 bridgehead atoms. The topological polar surface area (TPSA) is 61.2 Å². The van der Waals surface area contributed by atoms with Crippen LogP contribution >= 0.6 is 0 Å². The van der Waals surface area contributed by atoms with Gasteiger partial charge in [-0.2, -0.15) is 5.10 Å². The monoisotopic (exact) mass is 258 g/mol. The van der Waals surface area contributed by atoms with Crippen molar-refractivity contribution < 1.29 is 9.53 Å². The van der Waals surface area contributed by atoms with Gasteiger partial charge in [-0.3, -0.25) is 4.79 Å². The van der Waals surface area contributed by atoms with Crippen LogP contribution in [-0.2, 0) is 11.3 Å². The van der Waals surface area contributed by atoms with Gasteiger partial charge in [0, 0.05) is 6.07 Å². The van der Waals surface area contributed by atoms with Gasteiger partial charge >= 0.3 is 5.97 Å². The van der Waals surface area contributed by atoms with E-state index in [1.54, 1.807) is 30.3 Å². The van der Waals surface area contributed by atoms with Crippen LogP contribution in [-0.4, -0.2) is 22.9 Å². The maximum atomic E-state index is 11.6. The number of rotatable bonds is 3. The molecular formula is C14H14N2O3. The highest BCUT2D eigenvalue weighted by atomic mass is 16.5. The smallest absolute Gasteiger partial charge is 0.337 e. The number of esters is 1. The van der Waals surface area contributed by atoms with Crippen LogP contribution in [0.3, 0.4) is 0 Å². The third-order valence-electron chi connectivity index (χ3n) is 2.71. The molecule has 5 heteroatoms. The minimum Gasteiger partial charge on any atom is -0.465 e. The SMILES string of the molecule is COC(=O)c1ccc(Cn2nc(C)ccc2=O)cc1. The molecule has 98 valence electrons. The lowest BCUT2D eigenvalue weighted by atomic mass is 10.1. The number of hydrogen-bond acceptors (Lipinski definition) is 4. The quantitative estimate of drug-likeness (QED) is 0.780. The number of hydrogen-bond donors (Lipinski definition) is 0. The van der Waals surface area contributed by atoms with Gasteiger partial charge in [0.25, 0.3) is 5.56 Å². The predicted octanol–water partition coefficient (Wildman–Crippen LogP) is 1.39. The Bertz CT molecular complexity index is 644. The number of benzene rings is 1. The van der Waals surface area contributed by atoms with Crippen LogP contribution in [0.2, 0.25) is 0 Å². The second-order valence-corrected chi connectivity index (χ2v) is 4.16. The first-order chi connectivity index (χ1) is 9.10. The largest absolute Gasteiger partial charge is 0.465 e. The van der Waals surface area contributed by atoms with Crippen molar-refractivity contribution in [3.8, 4) is 0 Å². The molecule has 19 heavy (non-hydrogen) atoms. The molecule has 2 aromatic rings. The molecule has 2 rings (SSSR count). The summed E-state index contributed by atoms with van der Waals surface area (Å²) in [5.74, 6) is -0.377. The number of carbonyl (C=O) groups is 1. The third kappa shape index (κ3) is 3.07. The van der Waals surface area contributed by atoms with Gasteiger partial charge in [-0.15, -0.1) is 0 Å². The number of aromatic nitrogens is 2. The van der Waals surface area contributed by atoms with E-state index in [1.165, 1.54) is 17.9 Å². The van der Waals surface area contributed by atoms with E-state index in [9.17, 15) is 9.59 Å². The Morgan fingerprint density at radius 1 is 1.21 bits per heavy atom. The van der Waals surface area contributed by atoms with Crippen LogP contribution in [0.15, 0.2) is 41.2 Å². The number of carbonyl (C=O) groups excluding carboxylic acids is 1. The second kappa shape index (κ2) is 5.48. The molecule has 0 saturated carbocycles. The fourth-order valence-corrected chi connectivity index (χ4v) is 1.70. The molecule has 0 unspecified atom stereocenters. The van der Waals surface area contributed by atoms with E-state index in [2.05, 4.69) is 9.84 Å². The lowest BCUT2D eigenvalue weighted by molar-refractivity contribution is 0.0600. The minimum atomic E-state index is -0.377. The average Bonchev–Trinajstić information content (AvgIpc) is 2.43. The number of nitrogens with zero attached hydrogens (tertiary/aromatic N) is 2. The molecular weight excluding hydrogens is 244 g/mol. The van der Waals surface area contributed by atoms with Crippen LogP contribution < -0.4 is 5.56 Å². The van der Waals surface area contributed by atoms with Gasteiger partial charge in [0.15, 0.2) is 0 Å². The molecule has 0 fully saturated rings. The van der Waals surface area contributed by atoms with Crippen LogP contribution in [0, 0.1) is 6.92 Å². The van der Waals surface area contributed by atoms with Crippen molar-refractivity contribution in [1.82, 2.24) is 9.78 Å². The van der Waals surface area contributed by atoms with E-state index in [1.807, 2.05) is 6.92 Å². The zero-order valence-corrected chi connectivity index (χ0v) is 10.8. The van der Waals surface area contributed by atoms with Gasteiger partial charge in [0.1, 0.15) is 0 Å². The van der Waals surface area contributed by atoms with Crippen molar-refractivity contribution in [2.75, 3.05) is 7.11 Å². The minimum absolute atomic E-state index is 0.150. The number of methoxy groups -OCH3 is 1. The number of ether oxygens (including phenoxy) is 1. The van der Waals surface area contributed by atoms with Crippen molar-refractivity contribution >= 4 is 5.97 Å². The first-order valence-electron chi connectivity index (χ1n) is 5.82. The summed E-state index contributed by atoms with van der Waals surface area (Å²) >= 11 is 0. The Balaban J connectivity index is 2.22. The van der Waals surface area contributed by atoms with E-state index in [0.717, 1.165) is 11.3 Å². The summed E-state index contributed by atoms with van der Waals surface area (Å²) in [4.78, 5) is 22.9. The maximum absolute atomic E-state index is 11.6. The molecule has 1 aromatic heterocycles. The third-order valence-corrected chi connectivity index (χ3v) is 2.71. The molecule has 0 N–H and O–H groups in total. The molecule has 0 aliphatic carbocycles. The lowest BCUT2D eigenvalue weighted by Crippen LogP contribution is -2.22. The summed E-state index contributed by atoms with van der Waals surface area (Å²) < 4.78 is 6.01. The molecule has 0 amide bonds. The summed E-state index contributed by atoms with van der Waals surface area (Å²) in [5, 5.41) is 4.15. The highest BCUT2D eigenvalue weighted by Gasteiger charge is 2.05. The van der Waals surface area contributed by atoms with Crippen molar-refractivity contribution in [1.29, 1.82) is 0 Å². The van der Waals surface area contributed by atoms with Gasteiger partial charge in [-0.25, -0.2) is 9.48 Å². The Kier molecular flexibility index (Phi) is 3.75. The standard InChI is InChI=1S/C14H14N2O3/c1-10-3-8-13(17)16(15-10)9-11-4-6-12(7-5-11)14(18)19-2/h3-8H,9H2,1-2H3. The highest BCUT2D eigenvalue weighted by Crippen LogP contribution is 2.06.